The molecule has 0 heterocycles. The summed E-state index contributed by atoms with van der Waals surface area (Å²) >= 11 is 0.0232. The van der Waals surface area contributed by atoms with Crippen molar-refractivity contribution in [3.05, 3.63) is 147 Å². The largest absolute Gasteiger partial charge is 0.416 e. The molecule has 27 heteroatoms. The minimum absolute atomic E-state index is 0.0232. The standard InChI is InChI=1S/C32H12BF24.C9H13OS/c34-25(35,36)13-1-14(26(37,38)39)6-21(5-13)33(22-7-15(27(40,41)42)2-16(8-22)28(43,44)45,23-9-17(29(46,47)48)3-18(10-23)30(49,50)51)24-11-19(31(52,53)54)4-20(12-24)32(55,56)57;1-8-6-4-5-7-9(8)10-11(2)3/h1-12H;4-7H,1-3H3/q-1;+1. The van der Waals surface area contributed by atoms with Crippen LogP contribution in [-0.2, 0) is 60.6 Å². The van der Waals surface area contributed by atoms with Crippen LogP contribution in [0.4, 0.5) is 105 Å². The lowest BCUT2D eigenvalue weighted by atomic mass is 9.12. The van der Waals surface area contributed by atoms with E-state index in [1.807, 2.05) is 18.2 Å². The van der Waals surface area contributed by atoms with Gasteiger partial charge >= 0.3 is 49.4 Å². The van der Waals surface area contributed by atoms with Crippen LogP contribution in [0.2, 0.25) is 0 Å². The molecule has 0 aromatic heterocycles. The third-order valence-electron chi connectivity index (χ3n) is 9.79. The van der Waals surface area contributed by atoms with E-state index in [2.05, 4.69) is 25.5 Å². The van der Waals surface area contributed by atoms with Crippen molar-refractivity contribution in [2.24, 2.45) is 0 Å². The fraction of sp³-hybridized carbons (Fsp3) is 0.268. The second-order valence-electron chi connectivity index (χ2n) is 14.8. The van der Waals surface area contributed by atoms with Gasteiger partial charge in [0.25, 0.3) is 0 Å². The zero-order valence-corrected chi connectivity index (χ0v) is 34.5. The van der Waals surface area contributed by atoms with E-state index in [1.165, 1.54) is 5.56 Å². The molecule has 0 aliphatic rings. The van der Waals surface area contributed by atoms with Crippen molar-refractivity contribution < 1.29 is 110 Å². The number of aryl methyl sites for hydroxylation is 1. The van der Waals surface area contributed by atoms with Crippen LogP contribution in [0.15, 0.2) is 97.1 Å². The average Bonchev–Trinajstić information content (AvgIpc) is 3.16. The minimum atomic E-state index is -6.13. The number of benzene rings is 5. The van der Waals surface area contributed by atoms with E-state index in [-0.39, 0.29) is 11.2 Å². The van der Waals surface area contributed by atoms with E-state index in [4.69, 9.17) is 4.18 Å². The van der Waals surface area contributed by atoms with Crippen LogP contribution in [0, 0.1) is 6.92 Å². The molecule has 5 aromatic carbocycles. The summed E-state index contributed by atoms with van der Waals surface area (Å²) < 4.78 is 346. The summed E-state index contributed by atoms with van der Waals surface area (Å²) in [6.45, 7) is 2.06. The van der Waals surface area contributed by atoms with Gasteiger partial charge in [-0.15, -0.1) is 0 Å². The number of para-hydroxylation sites is 1. The van der Waals surface area contributed by atoms with Gasteiger partial charge in [-0.3, -0.25) is 4.18 Å². The van der Waals surface area contributed by atoms with Crippen molar-refractivity contribution in [3.63, 3.8) is 0 Å². The zero-order valence-electron chi connectivity index (χ0n) is 33.7. The van der Waals surface area contributed by atoms with Crippen LogP contribution < -0.4 is 26.0 Å². The number of rotatable bonds is 6. The van der Waals surface area contributed by atoms with Crippen molar-refractivity contribution in [2.45, 2.75) is 56.3 Å². The van der Waals surface area contributed by atoms with Gasteiger partial charge in [-0.2, -0.15) is 127 Å². The van der Waals surface area contributed by atoms with Crippen LogP contribution in [0.5, 0.6) is 5.75 Å². The molecule has 372 valence electrons. The van der Waals surface area contributed by atoms with Crippen LogP contribution in [0.25, 0.3) is 0 Å². The minimum Gasteiger partial charge on any atom is -0.286 e. The summed E-state index contributed by atoms with van der Waals surface area (Å²) in [6.07, 6.45) is -50.7. The van der Waals surface area contributed by atoms with Crippen molar-refractivity contribution in [1.29, 1.82) is 0 Å². The van der Waals surface area contributed by atoms with Gasteiger partial charge in [0.05, 0.1) is 44.5 Å². The Balaban J connectivity index is 0.000000802. The Hall–Kier alpha value is -5.37. The predicted octanol–water partition coefficient (Wildman–Crippen LogP) is 13.4. The van der Waals surface area contributed by atoms with Crippen molar-refractivity contribution >= 4 is 39.2 Å². The smallest absolute Gasteiger partial charge is 0.286 e. The Kier molecular flexibility index (Phi) is 15.0. The average molecular weight is 1030 g/mol. The van der Waals surface area contributed by atoms with Gasteiger partial charge in [0, 0.05) is 0 Å². The third-order valence-corrected chi connectivity index (χ3v) is 10.3. The van der Waals surface area contributed by atoms with Crippen LogP contribution in [-0.4, -0.2) is 18.7 Å². The SMILES string of the molecule is Cc1ccccc1O[S+](C)C.FC(F)(F)c1cc([B-](c2cc(C(F)(F)F)cc(C(F)(F)F)c2)(c2cc(C(F)(F)F)cc(C(F)(F)F)c2)c2cc(C(F)(F)F)cc(C(F)(F)F)c2)cc(C(F)(F)F)c1. The van der Waals surface area contributed by atoms with Crippen molar-refractivity contribution in [2.75, 3.05) is 12.5 Å². The fourth-order valence-electron chi connectivity index (χ4n) is 6.90. The highest BCUT2D eigenvalue weighted by Crippen LogP contribution is 2.41. The molecule has 5 aromatic rings. The highest BCUT2D eigenvalue weighted by Gasteiger charge is 2.47. The highest BCUT2D eigenvalue weighted by atomic mass is 32.2. The maximum Gasteiger partial charge on any atom is 0.416 e. The molecular weight excluding hydrogens is 1010 g/mol. The first-order valence-corrected chi connectivity index (χ1v) is 20.1. The van der Waals surface area contributed by atoms with Gasteiger partial charge < -0.3 is 0 Å². The van der Waals surface area contributed by atoms with E-state index in [9.17, 15) is 105 Å². The molecule has 0 radical (unpaired) electrons. The molecule has 0 aliphatic heterocycles. The van der Waals surface area contributed by atoms with Crippen molar-refractivity contribution in [1.82, 2.24) is 0 Å². The summed E-state index contributed by atoms with van der Waals surface area (Å²) in [4.78, 5) is 0. The summed E-state index contributed by atoms with van der Waals surface area (Å²) in [5, 5.41) is 0. The lowest BCUT2D eigenvalue weighted by molar-refractivity contribution is -0.144. The molecule has 0 saturated carbocycles. The van der Waals surface area contributed by atoms with E-state index < -0.39 is 195 Å². The topological polar surface area (TPSA) is 9.23 Å². The summed E-state index contributed by atoms with van der Waals surface area (Å²) in [5.41, 5.74) is -29.0. The van der Waals surface area contributed by atoms with Gasteiger partial charge in [-0.05, 0) is 42.8 Å². The van der Waals surface area contributed by atoms with Gasteiger partial charge in [-0.25, -0.2) is 0 Å². The molecular formula is C41H25BF24OS. The molecule has 0 saturated heterocycles. The number of hydrogen-bond donors (Lipinski definition) is 0. The fourth-order valence-corrected chi connectivity index (χ4v) is 7.45. The molecule has 0 aliphatic carbocycles. The molecule has 0 bridgehead atoms. The van der Waals surface area contributed by atoms with Crippen LogP contribution >= 0.6 is 0 Å². The van der Waals surface area contributed by atoms with Gasteiger partial charge in [0.2, 0.25) is 0 Å². The van der Waals surface area contributed by atoms with E-state index in [0.29, 0.717) is 0 Å². The highest BCUT2D eigenvalue weighted by molar-refractivity contribution is 7.91. The van der Waals surface area contributed by atoms with Crippen molar-refractivity contribution in [3.8, 4) is 5.75 Å². The molecule has 0 N–H and O–H groups in total. The summed E-state index contributed by atoms with van der Waals surface area (Å²) in [6, 6.07) is -0.736. The lowest BCUT2D eigenvalue weighted by Crippen LogP contribution is -2.75. The number of halogens is 24. The maximum atomic E-state index is 14.2. The second-order valence-corrected chi connectivity index (χ2v) is 16.5. The number of hydrogen-bond acceptors (Lipinski definition) is 1. The summed E-state index contributed by atoms with van der Waals surface area (Å²) in [7, 11) is 0. The normalized spacial score (nSPS) is 13.6. The Morgan fingerprint density at radius 1 is 0.324 bits per heavy atom. The van der Waals surface area contributed by atoms with Crippen LogP contribution in [0.3, 0.4) is 0 Å². The number of alkyl halides is 24. The van der Waals surface area contributed by atoms with E-state index >= 15 is 0 Å². The van der Waals surface area contributed by atoms with E-state index in [0.717, 1.165) is 5.75 Å². The quantitative estimate of drug-likeness (QED) is 0.0936. The Morgan fingerprint density at radius 3 is 0.676 bits per heavy atom. The molecule has 0 spiro atoms. The predicted molar refractivity (Wildman–Crippen MR) is 201 cm³/mol. The molecule has 0 fully saturated rings. The molecule has 0 unspecified atom stereocenters. The molecule has 0 amide bonds. The second kappa shape index (κ2) is 18.5. The van der Waals surface area contributed by atoms with E-state index in [1.54, 1.807) is 0 Å². The monoisotopic (exact) mass is 1030 g/mol. The summed E-state index contributed by atoms with van der Waals surface area (Å²) in [5.74, 6) is 1.00. The third kappa shape index (κ3) is 12.8. The molecule has 68 heavy (non-hydrogen) atoms. The molecule has 5 rings (SSSR count). The van der Waals surface area contributed by atoms with Crippen LogP contribution in [0.1, 0.15) is 50.1 Å². The van der Waals surface area contributed by atoms with Gasteiger partial charge in [-0.1, -0.05) is 66.7 Å². The lowest BCUT2D eigenvalue weighted by Gasteiger charge is -2.46. The molecule has 0 atom stereocenters. The van der Waals surface area contributed by atoms with Gasteiger partial charge in [0.1, 0.15) is 18.7 Å². The Labute approximate surface area is 370 Å². The first kappa shape index (κ1) is 55.2. The maximum absolute atomic E-state index is 14.2. The Morgan fingerprint density at radius 2 is 0.515 bits per heavy atom. The zero-order chi connectivity index (χ0) is 52.2. The Bertz CT molecular complexity index is 2150. The first-order chi connectivity index (χ1) is 30.5. The van der Waals surface area contributed by atoms with Gasteiger partial charge in [0.15, 0.2) is 16.9 Å². The molecule has 1 nitrogen and oxygen atoms in total. The first-order valence-electron chi connectivity index (χ1n) is 18.1.